The standard InChI is InChI=1S/C23H42O3/c1-2-3-4-12-17-22(26-23-19-14-16-21-25-23)18-13-10-8-6-5-7-9-11-15-20-24/h10,13,20,22-23H,2-9,11-12,14-19,21H2,1H3/b13-10-. The van der Waals surface area contributed by atoms with Gasteiger partial charge in [-0.1, -0.05) is 64.0 Å². The summed E-state index contributed by atoms with van der Waals surface area (Å²) in [4.78, 5) is 10.3. The summed E-state index contributed by atoms with van der Waals surface area (Å²) in [5, 5.41) is 0. The summed E-state index contributed by atoms with van der Waals surface area (Å²) in [5.41, 5.74) is 0. The molecule has 0 N–H and O–H groups in total. The number of rotatable bonds is 17. The first kappa shape index (κ1) is 23.4. The first-order valence-corrected chi connectivity index (χ1v) is 11.2. The topological polar surface area (TPSA) is 35.5 Å². The van der Waals surface area contributed by atoms with Crippen molar-refractivity contribution < 1.29 is 14.3 Å². The summed E-state index contributed by atoms with van der Waals surface area (Å²) >= 11 is 0. The molecule has 1 rings (SSSR count). The first-order chi connectivity index (χ1) is 12.9. The molecule has 0 aromatic carbocycles. The molecule has 0 bridgehead atoms. The Morgan fingerprint density at radius 2 is 1.73 bits per heavy atom. The number of allylic oxidation sites excluding steroid dienone is 1. The Morgan fingerprint density at radius 1 is 0.962 bits per heavy atom. The molecule has 1 saturated heterocycles. The Morgan fingerprint density at radius 3 is 2.46 bits per heavy atom. The van der Waals surface area contributed by atoms with Crippen molar-refractivity contribution >= 4 is 6.29 Å². The van der Waals surface area contributed by atoms with E-state index in [0.29, 0.717) is 6.10 Å². The monoisotopic (exact) mass is 366 g/mol. The lowest BCUT2D eigenvalue weighted by molar-refractivity contribution is -0.188. The van der Waals surface area contributed by atoms with Crippen molar-refractivity contribution in [3.05, 3.63) is 12.2 Å². The zero-order valence-corrected chi connectivity index (χ0v) is 17.1. The Bertz CT molecular complexity index is 334. The van der Waals surface area contributed by atoms with Crippen LogP contribution in [0, 0.1) is 0 Å². The maximum absolute atomic E-state index is 10.3. The fourth-order valence-corrected chi connectivity index (χ4v) is 3.46. The minimum absolute atomic E-state index is 0.0275. The van der Waals surface area contributed by atoms with E-state index in [0.717, 1.165) is 51.4 Å². The van der Waals surface area contributed by atoms with Gasteiger partial charge < -0.3 is 14.3 Å². The van der Waals surface area contributed by atoms with E-state index >= 15 is 0 Å². The summed E-state index contributed by atoms with van der Waals surface area (Å²) in [5.74, 6) is 0. The van der Waals surface area contributed by atoms with Crippen LogP contribution >= 0.6 is 0 Å². The van der Waals surface area contributed by atoms with Crippen LogP contribution < -0.4 is 0 Å². The quantitative estimate of drug-likeness (QED) is 0.162. The van der Waals surface area contributed by atoms with Gasteiger partial charge in [-0.2, -0.15) is 0 Å². The van der Waals surface area contributed by atoms with Gasteiger partial charge in [-0.15, -0.1) is 0 Å². The van der Waals surface area contributed by atoms with Crippen LogP contribution in [0.3, 0.4) is 0 Å². The number of aldehydes is 1. The third-order valence-electron chi connectivity index (χ3n) is 5.12. The highest BCUT2D eigenvalue weighted by Crippen LogP contribution is 2.20. The lowest BCUT2D eigenvalue weighted by atomic mass is 10.1. The van der Waals surface area contributed by atoms with E-state index in [1.807, 2.05) is 0 Å². The molecule has 2 unspecified atom stereocenters. The summed E-state index contributed by atoms with van der Waals surface area (Å²) in [6, 6.07) is 0. The first-order valence-electron chi connectivity index (χ1n) is 11.2. The molecule has 2 atom stereocenters. The lowest BCUT2D eigenvalue weighted by Gasteiger charge is -2.27. The maximum Gasteiger partial charge on any atom is 0.157 e. The van der Waals surface area contributed by atoms with E-state index in [1.54, 1.807) is 0 Å². The van der Waals surface area contributed by atoms with Crippen molar-refractivity contribution in [1.29, 1.82) is 0 Å². The summed E-state index contributed by atoms with van der Waals surface area (Å²) in [6.07, 6.45) is 24.8. The molecule has 3 heteroatoms. The van der Waals surface area contributed by atoms with E-state index in [1.165, 1.54) is 64.2 Å². The van der Waals surface area contributed by atoms with E-state index in [-0.39, 0.29) is 6.29 Å². The van der Waals surface area contributed by atoms with E-state index < -0.39 is 0 Å². The Balaban J connectivity index is 2.15. The summed E-state index contributed by atoms with van der Waals surface area (Å²) in [6.45, 7) is 3.12. The van der Waals surface area contributed by atoms with Gasteiger partial charge in [0.05, 0.1) is 6.10 Å². The minimum atomic E-state index is 0.0275. The third kappa shape index (κ3) is 13.5. The molecule has 152 valence electrons. The lowest BCUT2D eigenvalue weighted by Crippen LogP contribution is -2.27. The minimum Gasteiger partial charge on any atom is -0.353 e. The zero-order chi connectivity index (χ0) is 18.7. The largest absolute Gasteiger partial charge is 0.353 e. The number of hydrogen-bond acceptors (Lipinski definition) is 3. The highest BCUT2D eigenvalue weighted by molar-refractivity contribution is 5.48. The second-order valence-corrected chi connectivity index (χ2v) is 7.62. The molecule has 1 aliphatic heterocycles. The van der Waals surface area contributed by atoms with Crippen molar-refractivity contribution in [3.63, 3.8) is 0 Å². The Labute approximate surface area is 161 Å². The molecule has 0 spiro atoms. The van der Waals surface area contributed by atoms with Gasteiger partial charge in [0, 0.05) is 13.0 Å². The predicted molar refractivity (Wildman–Crippen MR) is 109 cm³/mol. The number of ether oxygens (including phenoxy) is 2. The van der Waals surface area contributed by atoms with Crippen LogP contribution in [-0.4, -0.2) is 25.3 Å². The molecule has 1 aliphatic rings. The van der Waals surface area contributed by atoms with Crippen LogP contribution in [0.4, 0.5) is 0 Å². The average molecular weight is 367 g/mol. The summed E-state index contributed by atoms with van der Waals surface area (Å²) in [7, 11) is 0. The highest BCUT2D eigenvalue weighted by atomic mass is 16.7. The van der Waals surface area contributed by atoms with E-state index in [9.17, 15) is 4.79 Å². The predicted octanol–water partition coefficient (Wildman–Crippen LogP) is 6.74. The van der Waals surface area contributed by atoms with Crippen molar-refractivity contribution in [2.75, 3.05) is 6.61 Å². The fourth-order valence-electron chi connectivity index (χ4n) is 3.46. The molecule has 1 fully saturated rings. The van der Waals surface area contributed by atoms with Crippen LogP contribution in [0.2, 0.25) is 0 Å². The van der Waals surface area contributed by atoms with Crippen LogP contribution in [0.25, 0.3) is 0 Å². The van der Waals surface area contributed by atoms with Crippen LogP contribution in [-0.2, 0) is 14.3 Å². The van der Waals surface area contributed by atoms with Crippen LogP contribution in [0.15, 0.2) is 12.2 Å². The molecule has 3 nitrogen and oxygen atoms in total. The van der Waals surface area contributed by atoms with Crippen molar-refractivity contribution in [2.24, 2.45) is 0 Å². The van der Waals surface area contributed by atoms with Crippen molar-refractivity contribution in [1.82, 2.24) is 0 Å². The van der Waals surface area contributed by atoms with Crippen LogP contribution in [0.1, 0.15) is 110 Å². The number of unbranched alkanes of at least 4 members (excludes halogenated alkanes) is 9. The summed E-state index contributed by atoms with van der Waals surface area (Å²) < 4.78 is 12.0. The van der Waals surface area contributed by atoms with Gasteiger partial charge in [-0.05, 0) is 51.4 Å². The van der Waals surface area contributed by atoms with Crippen LogP contribution in [0.5, 0.6) is 0 Å². The maximum atomic E-state index is 10.3. The molecule has 1 heterocycles. The molecule has 0 radical (unpaired) electrons. The molecule has 26 heavy (non-hydrogen) atoms. The smallest absolute Gasteiger partial charge is 0.157 e. The van der Waals surface area contributed by atoms with Gasteiger partial charge in [-0.25, -0.2) is 0 Å². The molecular formula is C23H42O3. The molecular weight excluding hydrogens is 324 g/mol. The van der Waals surface area contributed by atoms with E-state index in [2.05, 4.69) is 19.1 Å². The SMILES string of the molecule is CCCCCCC(C/C=C\CCCCCCCC=O)OC1CCCCO1. The number of carbonyl (C=O) groups is 1. The van der Waals surface area contributed by atoms with Gasteiger partial charge in [-0.3, -0.25) is 0 Å². The van der Waals surface area contributed by atoms with Gasteiger partial charge in [0.1, 0.15) is 6.29 Å². The molecule has 0 aromatic heterocycles. The highest BCUT2D eigenvalue weighted by Gasteiger charge is 2.18. The average Bonchev–Trinajstić information content (AvgIpc) is 2.67. The van der Waals surface area contributed by atoms with Gasteiger partial charge in [0.2, 0.25) is 0 Å². The molecule has 0 amide bonds. The Hall–Kier alpha value is -0.670. The van der Waals surface area contributed by atoms with Gasteiger partial charge in [0.25, 0.3) is 0 Å². The normalized spacial score (nSPS) is 19.0. The molecule has 0 aromatic rings. The van der Waals surface area contributed by atoms with Crippen molar-refractivity contribution in [3.8, 4) is 0 Å². The van der Waals surface area contributed by atoms with Gasteiger partial charge in [0.15, 0.2) is 6.29 Å². The number of hydrogen-bond donors (Lipinski definition) is 0. The second kappa shape index (κ2) is 17.7. The molecule has 0 saturated carbocycles. The third-order valence-corrected chi connectivity index (χ3v) is 5.12. The van der Waals surface area contributed by atoms with E-state index in [4.69, 9.17) is 9.47 Å². The molecule has 0 aliphatic carbocycles. The van der Waals surface area contributed by atoms with Crippen molar-refractivity contribution in [2.45, 2.75) is 122 Å². The zero-order valence-electron chi connectivity index (χ0n) is 17.1. The second-order valence-electron chi connectivity index (χ2n) is 7.62. The number of carbonyl (C=O) groups excluding carboxylic acids is 1. The fraction of sp³-hybridized carbons (Fsp3) is 0.870. The van der Waals surface area contributed by atoms with Gasteiger partial charge >= 0.3 is 0 Å². The Kier molecular flexibility index (Phi) is 15.9.